The van der Waals surface area contributed by atoms with Gasteiger partial charge in [-0.05, 0) is 12.1 Å². The van der Waals surface area contributed by atoms with Crippen LogP contribution in [0.4, 0.5) is 5.69 Å². The van der Waals surface area contributed by atoms with Crippen LogP contribution in [0.2, 0.25) is 0 Å². The van der Waals surface area contributed by atoms with Gasteiger partial charge in [0, 0.05) is 26.3 Å². The molecule has 1 amide bonds. The Balaban J connectivity index is 0.00000176. The van der Waals surface area contributed by atoms with Crippen molar-refractivity contribution in [2.75, 3.05) is 32.1 Å². The van der Waals surface area contributed by atoms with E-state index in [2.05, 4.69) is 10.4 Å². The Kier molecular flexibility index (Phi) is 5.05. The van der Waals surface area contributed by atoms with E-state index >= 15 is 0 Å². The van der Waals surface area contributed by atoms with E-state index in [1.54, 1.807) is 31.5 Å². The summed E-state index contributed by atoms with van der Waals surface area (Å²) in [6, 6.07) is 7.80. The second-order valence-electron chi connectivity index (χ2n) is 5.06. The number of nitrogens with one attached hydrogen (secondary N) is 1. The van der Waals surface area contributed by atoms with Crippen molar-refractivity contribution in [2.24, 2.45) is 0 Å². The van der Waals surface area contributed by atoms with E-state index in [1.807, 2.05) is 28.9 Å². The lowest BCUT2D eigenvalue weighted by Crippen LogP contribution is -2.43. The van der Waals surface area contributed by atoms with Gasteiger partial charge in [0.2, 0.25) is 0 Å². The van der Waals surface area contributed by atoms with Crippen molar-refractivity contribution >= 4 is 24.0 Å². The molecule has 3 rings (SSSR count). The lowest BCUT2D eigenvalue weighted by atomic mass is 10.2. The molecule has 0 radical (unpaired) electrons. The number of nitrogens with zero attached hydrogens (tertiary/aromatic N) is 3. The maximum absolute atomic E-state index is 12.6. The molecule has 0 saturated carbocycles. The van der Waals surface area contributed by atoms with Gasteiger partial charge in [0.1, 0.15) is 5.75 Å². The average Bonchev–Trinajstić information content (AvgIpc) is 2.93. The van der Waals surface area contributed by atoms with Gasteiger partial charge < -0.3 is 15.0 Å². The summed E-state index contributed by atoms with van der Waals surface area (Å²) < 4.78 is 7.15. The minimum absolute atomic E-state index is 0. The van der Waals surface area contributed by atoms with Gasteiger partial charge in [-0.25, -0.2) is 0 Å². The van der Waals surface area contributed by atoms with E-state index in [9.17, 15) is 4.79 Å². The molecule has 0 bridgehead atoms. The SMILES string of the molecule is COc1ccccc1N(C)C(=O)c1cnn(C2CNC2)c1.Cl. The van der Waals surface area contributed by atoms with Crippen LogP contribution in [0.15, 0.2) is 36.7 Å². The van der Waals surface area contributed by atoms with Crippen LogP contribution >= 0.6 is 12.4 Å². The molecule has 1 N–H and O–H groups in total. The van der Waals surface area contributed by atoms with Gasteiger partial charge in [-0.2, -0.15) is 5.10 Å². The van der Waals surface area contributed by atoms with Crippen molar-refractivity contribution in [1.82, 2.24) is 15.1 Å². The molecule has 22 heavy (non-hydrogen) atoms. The molecule has 6 nitrogen and oxygen atoms in total. The molecule has 1 fully saturated rings. The molecule has 1 aromatic carbocycles. The molecular weight excluding hydrogens is 304 g/mol. The van der Waals surface area contributed by atoms with Crippen molar-refractivity contribution in [1.29, 1.82) is 0 Å². The van der Waals surface area contributed by atoms with Crippen LogP contribution in [0, 0.1) is 0 Å². The fourth-order valence-electron chi connectivity index (χ4n) is 2.32. The zero-order valence-electron chi connectivity index (χ0n) is 12.5. The summed E-state index contributed by atoms with van der Waals surface area (Å²) in [4.78, 5) is 14.1. The third-order valence-corrected chi connectivity index (χ3v) is 3.73. The second-order valence-corrected chi connectivity index (χ2v) is 5.06. The molecular formula is C15H19ClN4O2. The molecule has 2 heterocycles. The largest absolute Gasteiger partial charge is 0.495 e. The van der Waals surface area contributed by atoms with Crippen molar-refractivity contribution in [2.45, 2.75) is 6.04 Å². The minimum atomic E-state index is -0.0990. The molecule has 0 atom stereocenters. The second kappa shape index (κ2) is 6.81. The van der Waals surface area contributed by atoms with Crippen LogP contribution in [-0.2, 0) is 0 Å². The van der Waals surface area contributed by atoms with Gasteiger partial charge in [-0.15, -0.1) is 12.4 Å². The highest BCUT2D eigenvalue weighted by molar-refractivity contribution is 6.06. The lowest BCUT2D eigenvalue weighted by Gasteiger charge is -2.27. The minimum Gasteiger partial charge on any atom is -0.495 e. The van der Waals surface area contributed by atoms with Gasteiger partial charge in [-0.3, -0.25) is 9.48 Å². The number of aromatic nitrogens is 2. The van der Waals surface area contributed by atoms with Gasteiger partial charge in [0.15, 0.2) is 0 Å². The van der Waals surface area contributed by atoms with Gasteiger partial charge in [0.05, 0.1) is 30.6 Å². The fourth-order valence-corrected chi connectivity index (χ4v) is 2.32. The first-order valence-electron chi connectivity index (χ1n) is 6.86. The maximum Gasteiger partial charge on any atom is 0.261 e. The highest BCUT2D eigenvalue weighted by Crippen LogP contribution is 2.27. The number of amides is 1. The summed E-state index contributed by atoms with van der Waals surface area (Å²) in [7, 11) is 3.33. The first-order chi connectivity index (χ1) is 10.2. The van der Waals surface area contributed by atoms with E-state index in [4.69, 9.17) is 4.74 Å². The molecule has 2 aromatic rings. The molecule has 1 saturated heterocycles. The maximum atomic E-state index is 12.6. The van der Waals surface area contributed by atoms with E-state index in [0.29, 0.717) is 17.4 Å². The zero-order chi connectivity index (χ0) is 14.8. The van der Waals surface area contributed by atoms with E-state index in [-0.39, 0.29) is 18.3 Å². The summed E-state index contributed by atoms with van der Waals surface area (Å²) in [6.07, 6.45) is 3.42. The predicted octanol–water partition coefficient (Wildman–Crippen LogP) is 1.73. The average molecular weight is 323 g/mol. The summed E-state index contributed by atoms with van der Waals surface area (Å²) >= 11 is 0. The Morgan fingerprint density at radius 2 is 2.14 bits per heavy atom. The van der Waals surface area contributed by atoms with Crippen LogP contribution in [0.1, 0.15) is 16.4 Å². The molecule has 0 unspecified atom stereocenters. The Bertz CT molecular complexity index is 654. The lowest BCUT2D eigenvalue weighted by molar-refractivity contribution is 0.0992. The summed E-state index contributed by atoms with van der Waals surface area (Å²) in [6.45, 7) is 1.80. The molecule has 118 valence electrons. The molecule has 1 aromatic heterocycles. The van der Waals surface area contributed by atoms with Crippen LogP contribution in [-0.4, -0.2) is 42.9 Å². The standard InChI is InChI=1S/C15H18N4O2.ClH/c1-18(13-5-3-4-6-14(13)21-2)15(20)11-7-17-19(10-11)12-8-16-9-12;/h3-7,10,12,16H,8-9H2,1-2H3;1H. The quantitative estimate of drug-likeness (QED) is 0.931. The molecule has 0 aliphatic carbocycles. The van der Waals surface area contributed by atoms with E-state index in [1.165, 1.54) is 0 Å². The van der Waals surface area contributed by atoms with Crippen molar-refractivity contribution in [3.05, 3.63) is 42.2 Å². The summed E-state index contributed by atoms with van der Waals surface area (Å²) in [5.74, 6) is 0.571. The van der Waals surface area contributed by atoms with Crippen LogP contribution in [0.5, 0.6) is 5.75 Å². The molecule has 1 aliphatic heterocycles. The van der Waals surface area contributed by atoms with E-state index in [0.717, 1.165) is 18.8 Å². The number of benzene rings is 1. The highest BCUT2D eigenvalue weighted by Gasteiger charge is 2.22. The normalized spacial score (nSPS) is 13.9. The third-order valence-electron chi connectivity index (χ3n) is 3.73. The number of hydrogen-bond donors (Lipinski definition) is 1. The fraction of sp³-hybridized carbons (Fsp3) is 0.333. The summed E-state index contributed by atoms with van der Waals surface area (Å²) in [5, 5.41) is 7.47. The predicted molar refractivity (Wildman–Crippen MR) is 87.1 cm³/mol. The smallest absolute Gasteiger partial charge is 0.261 e. The van der Waals surface area contributed by atoms with Gasteiger partial charge >= 0.3 is 0 Å². The van der Waals surface area contributed by atoms with Gasteiger partial charge in [-0.1, -0.05) is 12.1 Å². The number of anilines is 1. The first kappa shape index (κ1) is 16.3. The third kappa shape index (κ3) is 2.93. The van der Waals surface area contributed by atoms with Crippen LogP contribution in [0.25, 0.3) is 0 Å². The van der Waals surface area contributed by atoms with Crippen molar-refractivity contribution in [3.63, 3.8) is 0 Å². The number of carbonyl (C=O) groups is 1. The molecule has 0 spiro atoms. The summed E-state index contributed by atoms with van der Waals surface area (Å²) in [5.41, 5.74) is 1.32. The Morgan fingerprint density at radius 1 is 1.41 bits per heavy atom. The first-order valence-corrected chi connectivity index (χ1v) is 6.86. The van der Waals surface area contributed by atoms with Crippen molar-refractivity contribution < 1.29 is 9.53 Å². The van der Waals surface area contributed by atoms with E-state index < -0.39 is 0 Å². The Hall–Kier alpha value is -2.05. The number of para-hydroxylation sites is 2. The van der Waals surface area contributed by atoms with Crippen LogP contribution < -0.4 is 15.0 Å². The topological polar surface area (TPSA) is 59.4 Å². The Morgan fingerprint density at radius 3 is 2.77 bits per heavy atom. The van der Waals surface area contributed by atoms with Gasteiger partial charge in [0.25, 0.3) is 5.91 Å². The monoisotopic (exact) mass is 322 g/mol. The number of ether oxygens (including phenoxy) is 1. The molecule has 7 heteroatoms. The number of methoxy groups -OCH3 is 1. The Labute approximate surface area is 135 Å². The number of hydrogen-bond acceptors (Lipinski definition) is 4. The number of rotatable bonds is 4. The number of halogens is 1. The van der Waals surface area contributed by atoms with Crippen LogP contribution in [0.3, 0.4) is 0 Å². The highest BCUT2D eigenvalue weighted by atomic mass is 35.5. The number of carbonyl (C=O) groups excluding carboxylic acids is 1. The zero-order valence-corrected chi connectivity index (χ0v) is 13.3. The van der Waals surface area contributed by atoms with Crippen molar-refractivity contribution in [3.8, 4) is 5.75 Å². The molecule has 1 aliphatic rings.